The SMILES string of the molecule is COc1c(F)cc(CN2C(=O)CNC2=O)cc1-c1cc2c(cc1C)C(C)(C)CCC2(C)C. The number of methoxy groups -OCH3 is 1. The molecule has 0 radical (unpaired) electrons. The molecule has 1 aliphatic carbocycles. The Bertz CT molecular complexity index is 1100. The molecule has 0 aromatic heterocycles. The first-order chi connectivity index (χ1) is 14.9. The Morgan fingerprint density at radius 2 is 1.62 bits per heavy atom. The number of imide groups is 1. The zero-order valence-corrected chi connectivity index (χ0v) is 19.7. The molecule has 3 amide bonds. The van der Waals surface area contributed by atoms with Gasteiger partial charge in [-0.05, 0) is 76.6 Å². The van der Waals surface area contributed by atoms with Crippen molar-refractivity contribution >= 4 is 11.9 Å². The van der Waals surface area contributed by atoms with Gasteiger partial charge in [0.1, 0.15) is 0 Å². The highest BCUT2D eigenvalue weighted by Crippen LogP contribution is 2.48. The number of hydrogen-bond donors (Lipinski definition) is 1. The fourth-order valence-corrected chi connectivity index (χ4v) is 4.96. The van der Waals surface area contributed by atoms with Crippen LogP contribution in [0.3, 0.4) is 0 Å². The molecule has 2 aromatic rings. The average Bonchev–Trinajstić information content (AvgIpc) is 3.03. The highest BCUT2D eigenvalue weighted by atomic mass is 19.1. The van der Waals surface area contributed by atoms with E-state index in [0.717, 1.165) is 28.9 Å². The number of urea groups is 1. The van der Waals surface area contributed by atoms with Gasteiger partial charge in [0.25, 0.3) is 0 Å². The number of aryl methyl sites for hydroxylation is 1. The van der Waals surface area contributed by atoms with Gasteiger partial charge in [0.2, 0.25) is 5.91 Å². The minimum atomic E-state index is -0.510. The van der Waals surface area contributed by atoms with Crippen LogP contribution in [0.4, 0.5) is 9.18 Å². The lowest BCUT2D eigenvalue weighted by molar-refractivity contribution is -0.125. The molecule has 5 nitrogen and oxygen atoms in total. The van der Waals surface area contributed by atoms with Crippen LogP contribution in [0.1, 0.15) is 62.8 Å². The van der Waals surface area contributed by atoms with Crippen LogP contribution in [0.25, 0.3) is 11.1 Å². The highest BCUT2D eigenvalue weighted by Gasteiger charge is 2.38. The van der Waals surface area contributed by atoms with Crippen LogP contribution in [0, 0.1) is 12.7 Å². The average molecular weight is 439 g/mol. The summed E-state index contributed by atoms with van der Waals surface area (Å²) in [4.78, 5) is 25.1. The Kier molecular flexibility index (Phi) is 5.30. The van der Waals surface area contributed by atoms with Gasteiger partial charge in [-0.3, -0.25) is 9.69 Å². The molecule has 0 spiro atoms. The number of fused-ring (bicyclic) bond motifs is 1. The van der Waals surface area contributed by atoms with Crippen molar-refractivity contribution in [3.05, 3.63) is 52.3 Å². The summed E-state index contributed by atoms with van der Waals surface area (Å²) in [7, 11) is 1.46. The second-order valence-electron chi connectivity index (χ2n) is 10.3. The topological polar surface area (TPSA) is 58.6 Å². The van der Waals surface area contributed by atoms with E-state index in [1.807, 2.05) is 13.0 Å². The molecule has 2 aromatic carbocycles. The second kappa shape index (κ2) is 7.61. The maximum Gasteiger partial charge on any atom is 0.324 e. The Hall–Kier alpha value is -2.89. The third kappa shape index (κ3) is 3.65. The minimum absolute atomic E-state index is 0.0107. The lowest BCUT2D eigenvalue weighted by Crippen LogP contribution is -2.34. The number of benzene rings is 2. The lowest BCUT2D eigenvalue weighted by Gasteiger charge is -2.42. The van der Waals surface area contributed by atoms with Crippen LogP contribution in [0.5, 0.6) is 5.75 Å². The molecule has 2 aliphatic rings. The number of ether oxygens (including phenoxy) is 1. The summed E-state index contributed by atoms with van der Waals surface area (Å²) < 4.78 is 20.5. The van der Waals surface area contributed by atoms with E-state index in [0.29, 0.717) is 11.1 Å². The Morgan fingerprint density at radius 3 is 2.19 bits per heavy atom. The molecule has 1 N–H and O–H groups in total. The van der Waals surface area contributed by atoms with Crippen molar-refractivity contribution in [2.75, 3.05) is 13.7 Å². The summed E-state index contributed by atoms with van der Waals surface area (Å²) in [6.07, 6.45) is 2.19. The van der Waals surface area contributed by atoms with Crippen molar-refractivity contribution in [2.24, 2.45) is 0 Å². The summed E-state index contributed by atoms with van der Waals surface area (Å²) in [6, 6.07) is 7.12. The summed E-state index contributed by atoms with van der Waals surface area (Å²) in [5, 5.41) is 2.50. The predicted octanol–water partition coefficient (Wildman–Crippen LogP) is 5.21. The third-order valence-electron chi connectivity index (χ3n) is 7.07. The molecular weight excluding hydrogens is 407 g/mol. The highest BCUT2D eigenvalue weighted by molar-refractivity contribution is 6.01. The maximum absolute atomic E-state index is 15.1. The summed E-state index contributed by atoms with van der Waals surface area (Å²) in [6.45, 7) is 11.1. The Labute approximate surface area is 188 Å². The fraction of sp³-hybridized carbons (Fsp3) is 0.462. The zero-order chi connectivity index (χ0) is 23.4. The van der Waals surface area contributed by atoms with E-state index in [9.17, 15) is 9.59 Å². The molecule has 0 saturated carbocycles. The number of nitrogens with zero attached hydrogens (tertiary/aromatic N) is 1. The van der Waals surface area contributed by atoms with Crippen LogP contribution in [0.15, 0.2) is 24.3 Å². The van der Waals surface area contributed by atoms with Gasteiger partial charge in [-0.25, -0.2) is 9.18 Å². The van der Waals surface area contributed by atoms with E-state index >= 15 is 4.39 Å². The standard InChI is InChI=1S/C26H31FN2O3/c1-15-9-19-20(26(4,5)8-7-25(19,2)3)12-17(15)18-10-16(11-21(27)23(18)32-6)14-29-22(30)13-28-24(29)31/h9-12H,7-8,13-14H2,1-6H3,(H,28,31). The van der Waals surface area contributed by atoms with E-state index in [1.165, 1.54) is 24.3 Å². The van der Waals surface area contributed by atoms with Gasteiger partial charge >= 0.3 is 6.03 Å². The van der Waals surface area contributed by atoms with Crippen molar-refractivity contribution in [1.82, 2.24) is 10.2 Å². The van der Waals surface area contributed by atoms with E-state index in [2.05, 4.69) is 45.1 Å². The number of amides is 3. The first-order valence-corrected chi connectivity index (χ1v) is 11.1. The van der Waals surface area contributed by atoms with Gasteiger partial charge in [0, 0.05) is 5.56 Å². The molecular formula is C26H31FN2O3. The van der Waals surface area contributed by atoms with E-state index in [-0.39, 0.29) is 35.6 Å². The third-order valence-corrected chi connectivity index (χ3v) is 7.07. The van der Waals surface area contributed by atoms with Crippen LogP contribution in [0.2, 0.25) is 0 Å². The second-order valence-corrected chi connectivity index (χ2v) is 10.3. The number of nitrogens with one attached hydrogen (secondary N) is 1. The largest absolute Gasteiger partial charge is 0.493 e. The summed E-state index contributed by atoms with van der Waals surface area (Å²) in [5.74, 6) is -0.660. The van der Waals surface area contributed by atoms with Crippen molar-refractivity contribution in [3.8, 4) is 16.9 Å². The van der Waals surface area contributed by atoms with Crippen molar-refractivity contribution in [2.45, 2.75) is 64.8 Å². The Balaban J connectivity index is 1.87. The molecule has 1 aliphatic heterocycles. The minimum Gasteiger partial charge on any atom is -0.493 e. The van der Waals surface area contributed by atoms with Crippen molar-refractivity contribution in [1.29, 1.82) is 0 Å². The molecule has 4 rings (SSSR count). The van der Waals surface area contributed by atoms with Crippen molar-refractivity contribution < 1.29 is 18.7 Å². The number of carbonyl (C=O) groups excluding carboxylic acids is 2. The molecule has 170 valence electrons. The zero-order valence-electron chi connectivity index (χ0n) is 19.7. The van der Waals surface area contributed by atoms with Crippen LogP contribution in [-0.4, -0.2) is 30.5 Å². The van der Waals surface area contributed by atoms with E-state index in [1.54, 1.807) is 0 Å². The fourth-order valence-electron chi connectivity index (χ4n) is 4.96. The monoisotopic (exact) mass is 438 g/mol. The lowest BCUT2D eigenvalue weighted by atomic mass is 9.62. The van der Waals surface area contributed by atoms with Gasteiger partial charge in [0.05, 0.1) is 20.2 Å². The number of hydrogen-bond acceptors (Lipinski definition) is 3. The molecule has 1 saturated heterocycles. The Morgan fingerprint density at radius 1 is 1.00 bits per heavy atom. The van der Waals surface area contributed by atoms with Crippen LogP contribution in [-0.2, 0) is 22.2 Å². The normalized spacial score (nSPS) is 19.0. The predicted molar refractivity (Wildman–Crippen MR) is 122 cm³/mol. The van der Waals surface area contributed by atoms with E-state index < -0.39 is 11.8 Å². The van der Waals surface area contributed by atoms with Crippen LogP contribution >= 0.6 is 0 Å². The summed E-state index contributed by atoms with van der Waals surface area (Å²) >= 11 is 0. The molecule has 1 heterocycles. The van der Waals surface area contributed by atoms with Gasteiger partial charge in [-0.2, -0.15) is 0 Å². The van der Waals surface area contributed by atoms with Gasteiger partial charge in [0.15, 0.2) is 11.6 Å². The van der Waals surface area contributed by atoms with Gasteiger partial charge in [-0.15, -0.1) is 0 Å². The first-order valence-electron chi connectivity index (χ1n) is 11.1. The van der Waals surface area contributed by atoms with Gasteiger partial charge < -0.3 is 10.1 Å². The van der Waals surface area contributed by atoms with E-state index in [4.69, 9.17) is 4.74 Å². The van der Waals surface area contributed by atoms with Crippen molar-refractivity contribution in [3.63, 3.8) is 0 Å². The molecule has 32 heavy (non-hydrogen) atoms. The van der Waals surface area contributed by atoms with Gasteiger partial charge in [-0.1, -0.05) is 33.8 Å². The number of carbonyl (C=O) groups is 2. The molecule has 0 atom stereocenters. The number of halogens is 1. The summed E-state index contributed by atoms with van der Waals surface area (Å²) in [5.41, 5.74) is 5.82. The quantitative estimate of drug-likeness (QED) is 0.667. The van der Waals surface area contributed by atoms with Crippen LogP contribution < -0.4 is 10.1 Å². The molecule has 0 bridgehead atoms. The first kappa shape index (κ1) is 22.3. The molecule has 0 unspecified atom stereocenters. The smallest absolute Gasteiger partial charge is 0.324 e. The molecule has 6 heteroatoms. The number of rotatable bonds is 4. The maximum atomic E-state index is 15.1. The molecule has 1 fully saturated rings.